The Bertz CT molecular complexity index is 1370. The molecule has 2 atom stereocenters. The number of carbonyl (C=O) groups is 1. The third-order valence-electron chi connectivity index (χ3n) is 6.83. The molecule has 0 radical (unpaired) electrons. The number of aromatic nitrogens is 5. The van der Waals surface area contributed by atoms with E-state index >= 15 is 0 Å². The van der Waals surface area contributed by atoms with Crippen LogP contribution in [0, 0.1) is 0 Å². The maximum atomic E-state index is 13.7. The van der Waals surface area contributed by atoms with Crippen molar-refractivity contribution in [2.45, 2.75) is 50.0 Å². The minimum atomic E-state index is -1.00. The Kier molecular flexibility index (Phi) is 4.58. The number of amides is 1. The summed E-state index contributed by atoms with van der Waals surface area (Å²) in [6, 6.07) is 5.49. The van der Waals surface area contributed by atoms with Gasteiger partial charge in [-0.25, -0.2) is 14.4 Å². The van der Waals surface area contributed by atoms with E-state index in [1.807, 2.05) is 24.4 Å². The van der Waals surface area contributed by atoms with Crippen molar-refractivity contribution in [2.24, 2.45) is 0 Å². The lowest BCUT2D eigenvalue weighted by atomic mass is 9.89. The van der Waals surface area contributed by atoms with E-state index in [0.717, 1.165) is 16.6 Å². The Morgan fingerprint density at radius 2 is 2.12 bits per heavy atom. The fraction of sp³-hybridized carbons (Fsp3) is 0.391. The van der Waals surface area contributed by atoms with Gasteiger partial charge in [-0.2, -0.15) is 9.61 Å². The van der Waals surface area contributed by atoms with E-state index in [2.05, 4.69) is 25.3 Å². The molecular formula is C23H24FN7O2. The standard InChI is InChI=1S/C23H24FN7O2/c1-25-20-9-19(16-11-30(12-7-13(32)8-12)21-14(16)3-2-6-26-21)28-22-15(10-27-31(20)22)23(33)29-18-5-4-17(18)24/h2-3,6,9-13,17-18,25,32H,4-5,7-8H2,1H3,(H,29,33)/t12-,13+,17-,18-/m1/s1. The van der Waals surface area contributed by atoms with Crippen LogP contribution in [0.15, 0.2) is 36.8 Å². The largest absolute Gasteiger partial charge is 0.393 e. The second kappa shape index (κ2) is 7.51. The maximum absolute atomic E-state index is 13.7. The Hall–Kier alpha value is -3.53. The summed E-state index contributed by atoms with van der Waals surface area (Å²) in [5.74, 6) is 0.293. The Morgan fingerprint density at radius 1 is 1.27 bits per heavy atom. The Labute approximate surface area is 188 Å². The van der Waals surface area contributed by atoms with Gasteiger partial charge in [0.25, 0.3) is 5.91 Å². The number of halogens is 1. The predicted molar refractivity (Wildman–Crippen MR) is 121 cm³/mol. The van der Waals surface area contributed by atoms with Crippen molar-refractivity contribution < 1.29 is 14.3 Å². The van der Waals surface area contributed by atoms with Crippen LogP contribution in [0.5, 0.6) is 0 Å². The second-order valence-corrected chi connectivity index (χ2v) is 8.85. The normalized spacial score (nSPS) is 24.5. The van der Waals surface area contributed by atoms with Crippen LogP contribution in [-0.4, -0.2) is 60.5 Å². The molecule has 4 aromatic heterocycles. The van der Waals surface area contributed by atoms with Crippen LogP contribution in [-0.2, 0) is 0 Å². The molecule has 4 aromatic rings. The first-order valence-corrected chi connectivity index (χ1v) is 11.2. The van der Waals surface area contributed by atoms with Gasteiger partial charge in [0.15, 0.2) is 5.65 Å². The summed E-state index contributed by atoms with van der Waals surface area (Å²) in [6.07, 6.45) is 6.45. The number of fused-ring (bicyclic) bond motifs is 2. The van der Waals surface area contributed by atoms with Crippen molar-refractivity contribution in [1.29, 1.82) is 0 Å². The fourth-order valence-electron chi connectivity index (χ4n) is 4.66. The molecule has 6 rings (SSSR count). The van der Waals surface area contributed by atoms with Crippen LogP contribution in [0.25, 0.3) is 27.9 Å². The lowest BCUT2D eigenvalue weighted by Crippen LogP contribution is -2.48. The molecule has 2 aliphatic carbocycles. The van der Waals surface area contributed by atoms with Crippen LogP contribution in [0.4, 0.5) is 10.2 Å². The summed E-state index contributed by atoms with van der Waals surface area (Å²) >= 11 is 0. The number of aliphatic hydroxyl groups is 1. The van der Waals surface area contributed by atoms with Crippen molar-refractivity contribution >= 4 is 28.4 Å². The van der Waals surface area contributed by atoms with Gasteiger partial charge in [-0.05, 0) is 37.8 Å². The van der Waals surface area contributed by atoms with Crippen LogP contribution in [0.3, 0.4) is 0 Å². The zero-order valence-corrected chi connectivity index (χ0v) is 18.1. The molecule has 4 heterocycles. The summed E-state index contributed by atoms with van der Waals surface area (Å²) in [4.78, 5) is 22.2. The summed E-state index contributed by atoms with van der Waals surface area (Å²) in [7, 11) is 1.78. The number of nitrogens with one attached hydrogen (secondary N) is 2. The molecule has 0 spiro atoms. The molecule has 10 heteroatoms. The zero-order chi connectivity index (χ0) is 22.7. The number of anilines is 1. The first-order valence-electron chi connectivity index (χ1n) is 11.2. The van der Waals surface area contributed by atoms with Crippen molar-refractivity contribution in [3.05, 3.63) is 42.4 Å². The number of rotatable bonds is 5. The minimum absolute atomic E-state index is 0.186. The SMILES string of the molecule is CNc1cc(-c2cn([C@H]3C[C@@H](O)C3)c3ncccc23)nc2c(C(=O)N[C@@H]3CC[C@H]3F)cnn12. The van der Waals surface area contributed by atoms with E-state index in [1.54, 1.807) is 17.8 Å². The molecule has 0 aliphatic heterocycles. The van der Waals surface area contributed by atoms with Gasteiger partial charge >= 0.3 is 0 Å². The summed E-state index contributed by atoms with van der Waals surface area (Å²) in [6.45, 7) is 0. The highest BCUT2D eigenvalue weighted by atomic mass is 19.1. The summed E-state index contributed by atoms with van der Waals surface area (Å²) in [5.41, 5.74) is 3.09. The fourth-order valence-corrected chi connectivity index (χ4v) is 4.66. The van der Waals surface area contributed by atoms with Gasteiger partial charge in [0.2, 0.25) is 0 Å². The molecule has 0 saturated heterocycles. The molecule has 2 aliphatic rings. The van der Waals surface area contributed by atoms with E-state index in [9.17, 15) is 14.3 Å². The van der Waals surface area contributed by atoms with Gasteiger partial charge in [-0.15, -0.1) is 0 Å². The zero-order valence-electron chi connectivity index (χ0n) is 18.1. The average Bonchev–Trinajstić information content (AvgIpc) is 3.40. The van der Waals surface area contributed by atoms with E-state index in [1.165, 1.54) is 6.20 Å². The maximum Gasteiger partial charge on any atom is 0.257 e. The average molecular weight is 449 g/mol. The second-order valence-electron chi connectivity index (χ2n) is 8.85. The van der Waals surface area contributed by atoms with Gasteiger partial charge in [0, 0.05) is 42.5 Å². The quantitative estimate of drug-likeness (QED) is 0.432. The number of hydrogen-bond acceptors (Lipinski definition) is 6. The Morgan fingerprint density at radius 3 is 2.82 bits per heavy atom. The van der Waals surface area contributed by atoms with E-state index in [0.29, 0.717) is 48.4 Å². The third kappa shape index (κ3) is 3.16. The van der Waals surface area contributed by atoms with E-state index in [-0.39, 0.29) is 18.1 Å². The van der Waals surface area contributed by atoms with Gasteiger partial charge in [0.1, 0.15) is 23.2 Å². The van der Waals surface area contributed by atoms with Crippen molar-refractivity contribution in [2.75, 3.05) is 12.4 Å². The summed E-state index contributed by atoms with van der Waals surface area (Å²) < 4.78 is 17.4. The predicted octanol–water partition coefficient (Wildman–Crippen LogP) is 2.71. The molecule has 9 nitrogen and oxygen atoms in total. The van der Waals surface area contributed by atoms with Crippen molar-refractivity contribution in [3.63, 3.8) is 0 Å². The molecule has 2 fully saturated rings. The molecule has 0 aromatic carbocycles. The van der Waals surface area contributed by atoms with E-state index in [4.69, 9.17) is 4.98 Å². The van der Waals surface area contributed by atoms with Crippen molar-refractivity contribution in [1.82, 2.24) is 29.5 Å². The number of nitrogens with zero attached hydrogens (tertiary/aromatic N) is 5. The van der Waals surface area contributed by atoms with Gasteiger partial charge in [-0.3, -0.25) is 4.79 Å². The van der Waals surface area contributed by atoms with E-state index < -0.39 is 12.2 Å². The van der Waals surface area contributed by atoms with Crippen LogP contribution in [0.2, 0.25) is 0 Å². The number of carbonyl (C=O) groups excluding carboxylic acids is 1. The van der Waals surface area contributed by atoms with Gasteiger partial charge in [-0.1, -0.05) is 0 Å². The molecule has 2 saturated carbocycles. The smallest absolute Gasteiger partial charge is 0.257 e. The molecule has 0 bridgehead atoms. The molecule has 1 amide bonds. The van der Waals surface area contributed by atoms with Crippen LogP contribution in [0.1, 0.15) is 42.1 Å². The highest BCUT2D eigenvalue weighted by Crippen LogP contribution is 2.38. The first-order chi connectivity index (χ1) is 16.0. The minimum Gasteiger partial charge on any atom is -0.393 e. The highest BCUT2D eigenvalue weighted by molar-refractivity contribution is 6.01. The molecule has 170 valence electrons. The van der Waals surface area contributed by atoms with Crippen molar-refractivity contribution in [3.8, 4) is 11.3 Å². The van der Waals surface area contributed by atoms with Gasteiger partial charge in [0.05, 0.1) is 24.0 Å². The van der Waals surface area contributed by atoms with Crippen LogP contribution < -0.4 is 10.6 Å². The number of hydrogen-bond donors (Lipinski definition) is 3. The lowest BCUT2D eigenvalue weighted by molar-refractivity contribution is 0.0501. The molecule has 33 heavy (non-hydrogen) atoms. The van der Waals surface area contributed by atoms with Crippen LogP contribution >= 0.6 is 0 Å². The number of alkyl halides is 1. The monoisotopic (exact) mass is 449 g/mol. The first kappa shape index (κ1) is 20.1. The number of pyridine rings is 1. The topological polar surface area (TPSA) is 109 Å². The number of aliphatic hydroxyl groups excluding tert-OH is 1. The highest BCUT2D eigenvalue weighted by Gasteiger charge is 2.33. The molecule has 0 unspecified atom stereocenters. The third-order valence-corrected chi connectivity index (χ3v) is 6.83. The molecular weight excluding hydrogens is 425 g/mol. The van der Waals surface area contributed by atoms with Gasteiger partial charge < -0.3 is 20.3 Å². The molecule has 3 N–H and O–H groups in total. The lowest BCUT2D eigenvalue weighted by Gasteiger charge is -2.32. The Balaban J connectivity index is 1.46. The summed E-state index contributed by atoms with van der Waals surface area (Å²) in [5, 5.41) is 21.0.